The van der Waals surface area contributed by atoms with Gasteiger partial charge in [-0.2, -0.15) is 0 Å². The molecule has 2 saturated heterocycles. The number of hydrogen-bond acceptors (Lipinski definition) is 21. The number of ether oxygens (including phenoxy) is 7. The molecule has 137 heavy (non-hydrogen) atoms. The van der Waals surface area contributed by atoms with Crippen molar-refractivity contribution in [2.24, 2.45) is 11.8 Å². The molecule has 2 heterocycles. The van der Waals surface area contributed by atoms with E-state index in [0.29, 0.717) is 51.4 Å². The van der Waals surface area contributed by atoms with Gasteiger partial charge in [-0.25, -0.2) is 9.59 Å². The van der Waals surface area contributed by atoms with Gasteiger partial charge in [-0.05, 0) is 122 Å². The van der Waals surface area contributed by atoms with E-state index in [1.54, 1.807) is 52.0 Å². The smallest absolute Gasteiger partial charge is 0.407 e. The molecule has 2 aliphatic heterocycles. The number of carbonyl (C=O) groups excluding carboxylic acids is 14. The largest absolute Gasteiger partial charge is 0.445 e. The van der Waals surface area contributed by atoms with Crippen LogP contribution in [0.1, 0.15) is 151 Å². The first kappa shape index (κ1) is 110. The van der Waals surface area contributed by atoms with Crippen LogP contribution in [0.4, 0.5) is 9.59 Å². The Kier molecular flexibility index (Phi) is 49.7. The zero-order valence-corrected chi connectivity index (χ0v) is 79.8. The average Bonchev–Trinajstić information content (AvgIpc) is 1.78. The third-order valence-electron chi connectivity index (χ3n) is 23.3. The molecule has 6 aromatic rings. The Balaban J connectivity index is 0.723. The van der Waals surface area contributed by atoms with Crippen molar-refractivity contribution in [1.29, 1.82) is 0 Å². The molecule has 0 aromatic heterocycles. The fourth-order valence-corrected chi connectivity index (χ4v) is 15.4. The summed E-state index contributed by atoms with van der Waals surface area (Å²) in [5.41, 5.74) is 4.55. The van der Waals surface area contributed by atoms with Gasteiger partial charge in [0.05, 0.1) is 66.1 Å². The molecule has 14 amide bonds. The van der Waals surface area contributed by atoms with Crippen molar-refractivity contribution < 1.29 is 100 Å². The molecule has 35 heteroatoms. The van der Waals surface area contributed by atoms with Gasteiger partial charge in [0.1, 0.15) is 73.6 Å². The predicted octanol–water partition coefficient (Wildman–Crippen LogP) is 6.46. The topological polar surface area (TPSA) is 454 Å². The van der Waals surface area contributed by atoms with Gasteiger partial charge >= 0.3 is 12.2 Å². The minimum Gasteiger partial charge on any atom is -0.445 e. The van der Waals surface area contributed by atoms with Crippen LogP contribution in [0.5, 0.6) is 0 Å². The number of nitrogens with zero attached hydrogens (tertiary/aromatic N) is 2. The highest BCUT2D eigenvalue weighted by Gasteiger charge is 2.41. The number of amides is 14. The summed E-state index contributed by atoms with van der Waals surface area (Å²) in [6.45, 7) is 10.3. The minimum atomic E-state index is -1.22. The van der Waals surface area contributed by atoms with E-state index >= 15 is 0 Å². The molecule has 6 aromatic carbocycles. The van der Waals surface area contributed by atoms with Gasteiger partial charge in [-0.3, -0.25) is 57.5 Å². The zero-order chi connectivity index (χ0) is 98.3. The van der Waals surface area contributed by atoms with Gasteiger partial charge < -0.3 is 107 Å². The summed E-state index contributed by atoms with van der Waals surface area (Å²) in [6, 6.07) is 42.9. The predicted molar refractivity (Wildman–Crippen MR) is 513 cm³/mol. The quantitative estimate of drug-likeness (QED) is 0.0182. The fraction of sp³-hybridized carbons (Fsp3) is 0.510. The summed E-state index contributed by atoms with van der Waals surface area (Å²) in [5.74, 6) is -7.90. The lowest BCUT2D eigenvalue weighted by Gasteiger charge is -2.33. The van der Waals surface area contributed by atoms with E-state index in [2.05, 4.69) is 63.8 Å². The van der Waals surface area contributed by atoms with Crippen LogP contribution in [0.25, 0.3) is 0 Å². The molecule has 0 saturated carbocycles. The van der Waals surface area contributed by atoms with Crippen LogP contribution < -0.4 is 63.8 Å². The number of hydrogen-bond donors (Lipinski definition) is 12. The lowest BCUT2D eigenvalue weighted by molar-refractivity contribution is -0.143. The highest BCUT2D eigenvalue weighted by molar-refractivity contribution is 6.00. The standard InChI is InChI=1S/C102H140N14O21/c1-71(2)89-99(127)115(5)85(67-75-37-17-9-18-38-75)97(125)111-83(65-73-33-13-7-14-34-73)95(123)109-79(45-27-31-53-105-101(129)136-69-77-41-21-11-22-42-77)91(119)107-81(93(121)113-89)47-25-29-51-103-87(117)49-55-131-57-59-133-61-63-135-64-62-134-60-58-132-56-50-88(118)104-52-30-26-48-82-94(122)114-90(72(3)4)100(128)116(6)86(68-76-39-19-10-20-40-76)98(126)112-84(66-74-35-15-8-16-36-74)96(124)110-80(92(120)108-82)46-28-32-54-106-102(130)137-70-78-43-23-12-24-44-78/h7-24,33-44,71-72,79-86,89-90H,25-32,45-70H2,1-6H3,(H,103,117)(H,104,118)(H,105,129)(H,106,130)(H,107,119)(H,108,120)(H,109,123)(H,110,124)(H,111,125)(H,112,126)(H,113,121)(H,114,122)/t79-,80-,81-,82-,83-,84-,85-,86-,89-,90-/m0/s1. The molecule has 2 aliphatic rings. The molecule has 8 rings (SSSR count). The summed E-state index contributed by atoms with van der Waals surface area (Å²) < 4.78 is 38.9. The Morgan fingerprint density at radius 1 is 0.285 bits per heavy atom. The number of nitrogens with one attached hydrogen (secondary N) is 12. The van der Waals surface area contributed by atoms with Crippen molar-refractivity contribution in [3.05, 3.63) is 215 Å². The number of alkyl carbamates (subject to hydrolysis) is 2. The number of benzene rings is 6. The van der Waals surface area contributed by atoms with Gasteiger partial charge in [-0.1, -0.05) is 210 Å². The van der Waals surface area contributed by atoms with Gasteiger partial charge in [-0.15, -0.1) is 0 Å². The van der Waals surface area contributed by atoms with Gasteiger partial charge in [0.25, 0.3) is 0 Å². The van der Waals surface area contributed by atoms with Crippen molar-refractivity contribution in [1.82, 2.24) is 73.6 Å². The summed E-state index contributed by atoms with van der Waals surface area (Å²) in [5, 5.41) is 34.3. The molecule has 12 N–H and O–H groups in total. The van der Waals surface area contributed by atoms with Crippen LogP contribution >= 0.6 is 0 Å². The van der Waals surface area contributed by atoms with E-state index in [9.17, 15) is 67.1 Å². The van der Waals surface area contributed by atoms with Crippen LogP contribution in [0, 0.1) is 11.8 Å². The molecule has 35 nitrogen and oxygen atoms in total. The summed E-state index contributed by atoms with van der Waals surface area (Å²) in [7, 11) is 2.98. The van der Waals surface area contributed by atoms with Gasteiger partial charge in [0.2, 0.25) is 70.9 Å². The molecule has 0 radical (unpaired) electrons. The van der Waals surface area contributed by atoms with Crippen molar-refractivity contribution in [3.63, 3.8) is 0 Å². The number of likely N-dealkylation sites (N-methyl/N-ethyl adjacent to an activating group) is 2. The lowest BCUT2D eigenvalue weighted by Crippen LogP contribution is -2.59. The first-order valence-corrected chi connectivity index (χ1v) is 47.7. The maximum atomic E-state index is 14.7. The van der Waals surface area contributed by atoms with E-state index in [1.807, 2.05) is 158 Å². The first-order valence-electron chi connectivity index (χ1n) is 47.7. The molecule has 0 aliphatic carbocycles. The van der Waals surface area contributed by atoms with Gasteiger partial charge in [0, 0.05) is 78.8 Å². The number of rotatable bonds is 52. The molecular formula is C102H140N14O21. The number of carbonyl (C=O) groups is 14. The van der Waals surface area contributed by atoms with E-state index in [4.69, 9.17) is 33.2 Å². The van der Waals surface area contributed by atoms with Crippen LogP contribution in [-0.2, 0) is 130 Å². The maximum absolute atomic E-state index is 14.7. The van der Waals surface area contributed by atoms with Crippen molar-refractivity contribution in [2.45, 2.75) is 217 Å². The van der Waals surface area contributed by atoms with E-state index in [0.717, 1.165) is 33.4 Å². The van der Waals surface area contributed by atoms with E-state index in [-0.39, 0.29) is 181 Å². The Bertz CT molecular complexity index is 4400. The van der Waals surface area contributed by atoms with E-state index in [1.165, 1.54) is 23.9 Å². The van der Waals surface area contributed by atoms with Crippen LogP contribution in [0.15, 0.2) is 182 Å². The second-order valence-corrected chi connectivity index (χ2v) is 34.7. The van der Waals surface area contributed by atoms with Crippen molar-refractivity contribution >= 4 is 83.1 Å². The highest BCUT2D eigenvalue weighted by atomic mass is 16.6. The Morgan fingerprint density at radius 3 is 0.796 bits per heavy atom. The van der Waals surface area contributed by atoms with Crippen molar-refractivity contribution in [3.8, 4) is 0 Å². The Hall–Kier alpha value is -12.7. The summed E-state index contributed by atoms with van der Waals surface area (Å²) in [4.78, 5) is 200. The Morgan fingerprint density at radius 2 is 0.518 bits per heavy atom. The molecule has 10 atom stereocenters. The maximum Gasteiger partial charge on any atom is 0.407 e. The third kappa shape index (κ3) is 41.4. The summed E-state index contributed by atoms with van der Waals surface area (Å²) >= 11 is 0. The highest BCUT2D eigenvalue weighted by Crippen LogP contribution is 2.21. The fourth-order valence-electron chi connectivity index (χ4n) is 15.4. The lowest BCUT2D eigenvalue weighted by atomic mass is 9.98. The molecular weight excluding hydrogens is 1760 g/mol. The SMILES string of the molecule is CC(C)[C@@H]1NC(=O)[C@H](CCCCNC(=O)CCOCCOCCOCCOCCOCCC(=O)NCCCC[C@@H]2NC(=O)[C@H](CCCCNC(=O)OCc3ccccc3)NC(=O)[C@H](Cc3ccccc3)NC(=O)[C@H](Cc3ccccc3)N(C)C(=O)[C@H](C(C)C)NC2=O)NC(=O)[C@H](CCCCNC(=O)OCc2ccccc2)NC(=O)[C@H](Cc2ccccc2)NC(=O)[C@H](Cc2ccccc2)N(C)C1=O. The average molecular weight is 1900 g/mol. The van der Waals surface area contributed by atoms with Crippen LogP contribution in [-0.4, -0.2) is 260 Å². The van der Waals surface area contributed by atoms with Crippen LogP contribution in [0.2, 0.25) is 0 Å². The van der Waals surface area contributed by atoms with E-state index < -0.39 is 144 Å². The molecule has 744 valence electrons. The van der Waals surface area contributed by atoms with Gasteiger partial charge in [0.15, 0.2) is 0 Å². The Labute approximate surface area is 803 Å². The molecule has 0 bridgehead atoms. The molecule has 0 unspecified atom stereocenters. The minimum absolute atomic E-state index is 0.0358. The van der Waals surface area contributed by atoms with Crippen LogP contribution in [0.3, 0.4) is 0 Å². The molecule has 2 fully saturated rings. The molecule has 0 spiro atoms. The second-order valence-electron chi connectivity index (χ2n) is 34.7. The number of unbranched alkanes of at least 4 members (excludes halogenated alkanes) is 4. The summed E-state index contributed by atoms with van der Waals surface area (Å²) in [6.07, 6.45) is 2.26. The first-order chi connectivity index (χ1) is 66.3. The zero-order valence-electron chi connectivity index (χ0n) is 79.8. The second kappa shape index (κ2) is 62.1. The monoisotopic (exact) mass is 1900 g/mol. The third-order valence-corrected chi connectivity index (χ3v) is 23.3. The van der Waals surface area contributed by atoms with Crippen molar-refractivity contribution in [2.75, 3.05) is 106 Å². The normalized spacial score (nSPS) is 19.5.